The van der Waals surface area contributed by atoms with Gasteiger partial charge in [-0.15, -0.1) is 0 Å². The van der Waals surface area contributed by atoms with E-state index in [1.165, 1.54) is 92.1 Å². The van der Waals surface area contributed by atoms with Crippen molar-refractivity contribution >= 4 is 51.7 Å². The Morgan fingerprint density at radius 2 is 1.16 bits per heavy atom. The molecule has 0 spiro atoms. The summed E-state index contributed by atoms with van der Waals surface area (Å²) in [5, 5.41) is 0. The maximum atomic E-state index is 2.47. The van der Waals surface area contributed by atoms with Crippen molar-refractivity contribution in [1.29, 1.82) is 0 Å². The molecule has 0 radical (unpaired) electrons. The second-order valence-electron chi connectivity index (χ2n) is 16.9. The molecule has 58 heavy (non-hydrogen) atoms. The lowest BCUT2D eigenvalue weighted by Gasteiger charge is -2.29. The number of fused-ring (bicyclic) bond motifs is 6. The van der Waals surface area contributed by atoms with Crippen molar-refractivity contribution in [3.05, 3.63) is 197 Å². The Morgan fingerprint density at radius 3 is 1.86 bits per heavy atom. The predicted molar refractivity (Wildman–Crippen MR) is 250 cm³/mol. The monoisotopic (exact) mass is 785 g/mol. The minimum atomic E-state index is -0.0960. The summed E-state index contributed by atoms with van der Waals surface area (Å²) in [6.45, 7) is 13.9. The lowest BCUT2D eigenvalue weighted by molar-refractivity contribution is 0.639. The summed E-state index contributed by atoms with van der Waals surface area (Å²) in [7, 11) is 0. The average molecular weight is 786 g/mol. The second kappa shape index (κ2) is 14.1. The Hall–Kier alpha value is -5.48. The van der Waals surface area contributed by atoms with Crippen LogP contribution < -0.4 is 4.90 Å². The smallest absolute Gasteiger partial charge is 0.0465 e. The minimum absolute atomic E-state index is 0.0606. The highest BCUT2D eigenvalue weighted by atomic mass is 32.2. The van der Waals surface area contributed by atoms with E-state index in [-0.39, 0.29) is 10.8 Å². The van der Waals surface area contributed by atoms with E-state index >= 15 is 0 Å². The quantitative estimate of drug-likeness (QED) is 0.165. The van der Waals surface area contributed by atoms with Gasteiger partial charge in [0.2, 0.25) is 0 Å². The van der Waals surface area contributed by atoms with Gasteiger partial charge in [-0.25, -0.2) is 0 Å². The van der Waals surface area contributed by atoms with Crippen LogP contribution in [0.25, 0.3) is 33.4 Å². The van der Waals surface area contributed by atoms with Gasteiger partial charge in [-0.1, -0.05) is 154 Å². The SMILES string of the molecule is C/C=C\C1=C(C)C(C)(C)c2cc(N(c3ccc(C4=CCC=CC=C4)cc3)c3ccc(-c4ccc5c(c4)C(C)(C)c4cc6c(cc4-5)Sc4ccccc4S6)cc3)ccc21. The first-order valence-electron chi connectivity index (χ1n) is 20.4. The van der Waals surface area contributed by atoms with Gasteiger partial charge in [-0.05, 0) is 148 Å². The van der Waals surface area contributed by atoms with E-state index in [1.54, 1.807) is 0 Å². The van der Waals surface area contributed by atoms with Crippen LogP contribution in [0.1, 0.15) is 75.8 Å². The molecule has 0 unspecified atom stereocenters. The van der Waals surface area contributed by atoms with Crippen molar-refractivity contribution in [2.24, 2.45) is 0 Å². The zero-order valence-corrected chi connectivity index (χ0v) is 35.7. The largest absolute Gasteiger partial charge is 0.310 e. The summed E-state index contributed by atoms with van der Waals surface area (Å²) in [5.41, 5.74) is 19.3. The average Bonchev–Trinajstić information content (AvgIpc) is 3.42. The first-order valence-corrected chi connectivity index (χ1v) is 22.1. The molecule has 0 atom stereocenters. The van der Waals surface area contributed by atoms with E-state index in [4.69, 9.17) is 0 Å². The summed E-state index contributed by atoms with van der Waals surface area (Å²) >= 11 is 3.81. The molecule has 1 aliphatic heterocycles. The van der Waals surface area contributed by atoms with Crippen LogP contribution in [0, 0.1) is 0 Å². The highest BCUT2D eigenvalue weighted by Crippen LogP contribution is 2.56. The summed E-state index contributed by atoms with van der Waals surface area (Å²) in [5.74, 6) is 0. The lowest BCUT2D eigenvalue weighted by Crippen LogP contribution is -2.17. The first kappa shape index (κ1) is 36.8. The summed E-state index contributed by atoms with van der Waals surface area (Å²) in [4.78, 5) is 7.84. The van der Waals surface area contributed by atoms with Gasteiger partial charge in [0.05, 0.1) is 0 Å². The predicted octanol–water partition coefficient (Wildman–Crippen LogP) is 16.3. The molecule has 3 heteroatoms. The Kier molecular flexibility index (Phi) is 8.96. The second-order valence-corrected chi connectivity index (χ2v) is 19.1. The highest BCUT2D eigenvalue weighted by Gasteiger charge is 2.38. The van der Waals surface area contributed by atoms with Crippen LogP contribution in [0.5, 0.6) is 0 Å². The number of nitrogens with zero attached hydrogens (tertiary/aromatic N) is 1. The molecular formula is C55H47NS2. The lowest BCUT2D eigenvalue weighted by atomic mass is 9.81. The van der Waals surface area contributed by atoms with Crippen LogP contribution in [0.2, 0.25) is 0 Å². The molecule has 4 aliphatic rings. The van der Waals surface area contributed by atoms with E-state index in [0.717, 1.165) is 17.8 Å². The van der Waals surface area contributed by atoms with Gasteiger partial charge in [-0.3, -0.25) is 0 Å². The molecule has 1 nitrogen and oxygen atoms in total. The van der Waals surface area contributed by atoms with Crippen molar-refractivity contribution in [3.63, 3.8) is 0 Å². The van der Waals surface area contributed by atoms with Crippen molar-refractivity contribution in [1.82, 2.24) is 0 Å². The van der Waals surface area contributed by atoms with Crippen LogP contribution >= 0.6 is 23.5 Å². The van der Waals surface area contributed by atoms with Gasteiger partial charge in [0.25, 0.3) is 0 Å². The third kappa shape index (κ3) is 6.01. The molecule has 0 bridgehead atoms. The third-order valence-electron chi connectivity index (χ3n) is 12.8. The van der Waals surface area contributed by atoms with Crippen molar-refractivity contribution in [2.75, 3.05) is 4.90 Å². The van der Waals surface area contributed by atoms with Gasteiger partial charge in [-0.2, -0.15) is 0 Å². The Labute approximate surface area is 352 Å². The van der Waals surface area contributed by atoms with Crippen LogP contribution in [-0.2, 0) is 10.8 Å². The van der Waals surface area contributed by atoms with Crippen molar-refractivity contribution in [3.8, 4) is 22.3 Å². The minimum Gasteiger partial charge on any atom is -0.310 e. The molecule has 0 aromatic heterocycles. The molecule has 0 saturated carbocycles. The van der Waals surface area contributed by atoms with Gasteiger partial charge >= 0.3 is 0 Å². The fourth-order valence-corrected chi connectivity index (χ4v) is 11.6. The maximum absolute atomic E-state index is 2.47. The van der Waals surface area contributed by atoms with E-state index in [0.29, 0.717) is 0 Å². The number of anilines is 3. The van der Waals surface area contributed by atoms with Gasteiger partial charge in [0, 0.05) is 47.5 Å². The molecule has 3 aliphatic carbocycles. The molecule has 0 fully saturated rings. The van der Waals surface area contributed by atoms with Crippen LogP contribution in [0.4, 0.5) is 17.1 Å². The molecule has 10 rings (SSSR count). The van der Waals surface area contributed by atoms with Crippen molar-refractivity contribution < 1.29 is 0 Å². The van der Waals surface area contributed by atoms with Crippen LogP contribution in [-0.4, -0.2) is 0 Å². The van der Waals surface area contributed by atoms with Crippen molar-refractivity contribution in [2.45, 2.75) is 78.4 Å². The zero-order valence-electron chi connectivity index (χ0n) is 34.1. The molecule has 6 aromatic carbocycles. The van der Waals surface area contributed by atoms with Gasteiger partial charge in [0.15, 0.2) is 0 Å². The Morgan fingerprint density at radius 1 is 0.552 bits per heavy atom. The number of rotatable bonds is 6. The van der Waals surface area contributed by atoms with Gasteiger partial charge < -0.3 is 4.90 Å². The normalized spacial score (nSPS) is 16.7. The summed E-state index contributed by atoms with van der Waals surface area (Å²) < 4.78 is 0. The van der Waals surface area contributed by atoms with Gasteiger partial charge in [0.1, 0.15) is 0 Å². The molecular weight excluding hydrogens is 739 g/mol. The van der Waals surface area contributed by atoms with E-state index < -0.39 is 0 Å². The standard InChI is InChI=1S/C55H47NS2/c1-7-14-43-35(2)54(3,4)48-32-42(28-30-44(43)48)56(40-24-19-37(20-25-40)36-15-10-8-9-11-16-36)41-26-21-38(22-27-41)39-23-29-45-46-33-52-53(34-49(46)55(5,6)47(45)31-39)58-51-18-13-12-17-50(51)57-52/h7-10,12-34H,11H2,1-6H3/b14-7-. The number of benzene rings is 6. The molecule has 6 aromatic rings. The summed E-state index contributed by atoms with van der Waals surface area (Å²) in [6.07, 6.45) is 16.3. The van der Waals surface area contributed by atoms with E-state index in [9.17, 15) is 0 Å². The molecule has 0 N–H and O–H groups in total. The number of allylic oxidation sites excluding steroid dienone is 10. The molecule has 0 amide bonds. The zero-order chi connectivity index (χ0) is 39.8. The summed E-state index contributed by atoms with van der Waals surface area (Å²) in [6, 6.07) is 46.2. The number of hydrogen-bond acceptors (Lipinski definition) is 3. The fourth-order valence-electron chi connectivity index (χ4n) is 9.33. The Balaban J connectivity index is 1.01. The molecule has 1 heterocycles. The first-order chi connectivity index (χ1) is 28.1. The third-order valence-corrected chi connectivity index (χ3v) is 15.4. The van der Waals surface area contributed by atoms with Crippen LogP contribution in [0.3, 0.4) is 0 Å². The van der Waals surface area contributed by atoms with E-state index in [2.05, 4.69) is 210 Å². The Bertz CT molecular complexity index is 2810. The van der Waals surface area contributed by atoms with Crippen LogP contribution in [0.15, 0.2) is 189 Å². The fraction of sp³-hybridized carbons (Fsp3) is 0.164. The molecule has 0 saturated heterocycles. The highest BCUT2D eigenvalue weighted by molar-refractivity contribution is 8.05. The number of hydrogen-bond donors (Lipinski definition) is 0. The molecule has 284 valence electrons. The topological polar surface area (TPSA) is 3.24 Å². The maximum Gasteiger partial charge on any atom is 0.0465 e. The van der Waals surface area contributed by atoms with E-state index in [1.807, 2.05) is 23.5 Å².